The Hall–Kier alpha value is -1.51. The maximum atomic E-state index is 9.44. The van der Waals surface area contributed by atoms with Gasteiger partial charge in [0.25, 0.3) is 0 Å². The molecule has 20 heavy (non-hydrogen) atoms. The van der Waals surface area contributed by atoms with Gasteiger partial charge in [0.2, 0.25) is 0 Å². The first-order valence-electron chi connectivity index (χ1n) is 7.02. The van der Waals surface area contributed by atoms with Gasteiger partial charge in [0.05, 0.1) is 5.02 Å². The SMILES string of the molecule is Oc1ccc(CNC2CCCc3ccccc32)cc1Cl. The maximum absolute atomic E-state index is 9.44. The lowest BCUT2D eigenvalue weighted by Crippen LogP contribution is -2.24. The Balaban J connectivity index is 1.71. The molecule has 0 aromatic heterocycles. The van der Waals surface area contributed by atoms with Crippen LogP contribution in [0.3, 0.4) is 0 Å². The molecule has 0 fully saturated rings. The average Bonchev–Trinajstić information content (AvgIpc) is 2.48. The van der Waals surface area contributed by atoms with Gasteiger partial charge in [0.1, 0.15) is 5.75 Å². The van der Waals surface area contributed by atoms with Crippen LogP contribution in [-0.2, 0) is 13.0 Å². The second-order valence-corrected chi connectivity index (χ2v) is 5.72. The molecule has 0 bridgehead atoms. The first-order valence-corrected chi connectivity index (χ1v) is 7.40. The minimum absolute atomic E-state index is 0.137. The summed E-state index contributed by atoms with van der Waals surface area (Å²) in [4.78, 5) is 0. The van der Waals surface area contributed by atoms with E-state index in [0.717, 1.165) is 12.1 Å². The lowest BCUT2D eigenvalue weighted by atomic mass is 9.87. The van der Waals surface area contributed by atoms with Crippen molar-refractivity contribution < 1.29 is 5.11 Å². The van der Waals surface area contributed by atoms with Gasteiger partial charge in [0, 0.05) is 12.6 Å². The maximum Gasteiger partial charge on any atom is 0.134 e. The van der Waals surface area contributed by atoms with Crippen LogP contribution in [0.25, 0.3) is 0 Å². The highest BCUT2D eigenvalue weighted by molar-refractivity contribution is 6.32. The molecule has 2 aromatic carbocycles. The third kappa shape index (κ3) is 2.82. The zero-order valence-electron chi connectivity index (χ0n) is 11.3. The lowest BCUT2D eigenvalue weighted by Gasteiger charge is -2.26. The predicted octanol–water partition coefficient (Wildman–Crippen LogP) is 4.21. The molecule has 0 aliphatic heterocycles. The number of hydrogen-bond donors (Lipinski definition) is 2. The van der Waals surface area contributed by atoms with Crippen LogP contribution in [0.1, 0.15) is 35.6 Å². The second-order valence-electron chi connectivity index (χ2n) is 5.31. The van der Waals surface area contributed by atoms with E-state index < -0.39 is 0 Å². The fraction of sp³-hybridized carbons (Fsp3) is 0.294. The number of aryl methyl sites for hydroxylation is 1. The predicted molar refractivity (Wildman–Crippen MR) is 82.1 cm³/mol. The number of phenolic OH excluding ortho intramolecular Hbond substituents is 1. The summed E-state index contributed by atoms with van der Waals surface area (Å²) in [6.45, 7) is 0.763. The number of fused-ring (bicyclic) bond motifs is 1. The van der Waals surface area contributed by atoms with Crippen LogP contribution in [0.15, 0.2) is 42.5 Å². The van der Waals surface area contributed by atoms with E-state index in [1.165, 1.54) is 30.4 Å². The third-order valence-electron chi connectivity index (χ3n) is 3.93. The topological polar surface area (TPSA) is 32.3 Å². The van der Waals surface area contributed by atoms with Crippen LogP contribution in [0.5, 0.6) is 5.75 Å². The van der Waals surface area contributed by atoms with Gasteiger partial charge in [-0.05, 0) is 48.1 Å². The lowest BCUT2D eigenvalue weighted by molar-refractivity contribution is 0.457. The molecule has 1 aliphatic carbocycles. The van der Waals surface area contributed by atoms with E-state index in [0.29, 0.717) is 11.1 Å². The van der Waals surface area contributed by atoms with Gasteiger partial charge in [-0.1, -0.05) is 41.9 Å². The summed E-state index contributed by atoms with van der Waals surface area (Å²) in [5.74, 6) is 0.137. The summed E-state index contributed by atoms with van der Waals surface area (Å²) in [6, 6.07) is 14.4. The van der Waals surface area contributed by atoms with E-state index in [4.69, 9.17) is 11.6 Å². The van der Waals surface area contributed by atoms with Crippen molar-refractivity contribution >= 4 is 11.6 Å². The van der Waals surface area contributed by atoms with Crippen molar-refractivity contribution in [3.63, 3.8) is 0 Å². The highest BCUT2D eigenvalue weighted by Crippen LogP contribution is 2.30. The van der Waals surface area contributed by atoms with Crippen LogP contribution in [0, 0.1) is 0 Å². The fourth-order valence-corrected chi connectivity index (χ4v) is 3.07. The minimum atomic E-state index is 0.137. The van der Waals surface area contributed by atoms with E-state index in [9.17, 15) is 5.11 Å². The number of halogens is 1. The smallest absolute Gasteiger partial charge is 0.134 e. The summed E-state index contributed by atoms with van der Waals surface area (Å²) in [5, 5.41) is 13.4. The number of benzene rings is 2. The summed E-state index contributed by atoms with van der Waals surface area (Å²) in [7, 11) is 0. The molecule has 0 heterocycles. The molecule has 3 rings (SSSR count). The fourth-order valence-electron chi connectivity index (χ4n) is 2.87. The monoisotopic (exact) mass is 287 g/mol. The molecule has 0 radical (unpaired) electrons. The summed E-state index contributed by atoms with van der Waals surface area (Å²) in [5.41, 5.74) is 3.97. The van der Waals surface area contributed by atoms with Gasteiger partial charge in [-0.25, -0.2) is 0 Å². The quantitative estimate of drug-likeness (QED) is 0.886. The van der Waals surface area contributed by atoms with Crippen molar-refractivity contribution in [3.8, 4) is 5.75 Å². The van der Waals surface area contributed by atoms with Gasteiger partial charge in [-0.2, -0.15) is 0 Å². The molecular formula is C17H18ClNO. The number of phenols is 1. The minimum Gasteiger partial charge on any atom is -0.506 e. The van der Waals surface area contributed by atoms with Gasteiger partial charge >= 0.3 is 0 Å². The largest absolute Gasteiger partial charge is 0.506 e. The molecule has 1 atom stereocenters. The van der Waals surface area contributed by atoms with E-state index >= 15 is 0 Å². The first kappa shape index (κ1) is 13.5. The molecule has 1 unspecified atom stereocenters. The summed E-state index contributed by atoms with van der Waals surface area (Å²) in [6.07, 6.45) is 3.58. The Bertz CT molecular complexity index is 612. The van der Waals surface area contributed by atoms with Crippen LogP contribution in [0.2, 0.25) is 5.02 Å². The highest BCUT2D eigenvalue weighted by atomic mass is 35.5. The first-order chi connectivity index (χ1) is 9.74. The van der Waals surface area contributed by atoms with Crippen LogP contribution in [-0.4, -0.2) is 5.11 Å². The Labute approximate surface area is 124 Å². The molecule has 3 heteroatoms. The Morgan fingerprint density at radius 1 is 1.20 bits per heavy atom. The van der Waals surface area contributed by atoms with E-state index in [1.807, 2.05) is 12.1 Å². The molecule has 0 spiro atoms. The zero-order chi connectivity index (χ0) is 13.9. The van der Waals surface area contributed by atoms with Gasteiger partial charge in [-0.15, -0.1) is 0 Å². The van der Waals surface area contributed by atoms with Gasteiger partial charge < -0.3 is 10.4 Å². The van der Waals surface area contributed by atoms with Gasteiger partial charge in [0.15, 0.2) is 0 Å². The van der Waals surface area contributed by atoms with Crippen molar-refractivity contribution in [2.24, 2.45) is 0 Å². The molecule has 2 nitrogen and oxygen atoms in total. The molecule has 2 aromatic rings. The molecule has 104 valence electrons. The Morgan fingerprint density at radius 3 is 2.90 bits per heavy atom. The van der Waals surface area contributed by atoms with E-state index in [-0.39, 0.29) is 5.75 Å². The Kier molecular flexibility index (Phi) is 3.95. The van der Waals surface area contributed by atoms with Crippen LogP contribution >= 0.6 is 11.6 Å². The molecule has 0 saturated carbocycles. The normalized spacial score (nSPS) is 17.8. The second kappa shape index (κ2) is 5.86. The van der Waals surface area contributed by atoms with Crippen molar-refractivity contribution in [1.82, 2.24) is 5.32 Å². The number of aromatic hydroxyl groups is 1. The van der Waals surface area contributed by atoms with Gasteiger partial charge in [-0.3, -0.25) is 0 Å². The van der Waals surface area contributed by atoms with E-state index in [2.05, 4.69) is 29.6 Å². The molecule has 0 saturated heterocycles. The summed E-state index contributed by atoms with van der Waals surface area (Å²) >= 11 is 5.94. The van der Waals surface area contributed by atoms with Crippen molar-refractivity contribution in [3.05, 3.63) is 64.2 Å². The Morgan fingerprint density at radius 2 is 2.05 bits per heavy atom. The molecular weight excluding hydrogens is 270 g/mol. The molecule has 0 amide bonds. The summed E-state index contributed by atoms with van der Waals surface area (Å²) < 4.78 is 0. The highest BCUT2D eigenvalue weighted by Gasteiger charge is 2.18. The number of rotatable bonds is 3. The average molecular weight is 288 g/mol. The van der Waals surface area contributed by atoms with Crippen molar-refractivity contribution in [1.29, 1.82) is 0 Å². The number of hydrogen-bond acceptors (Lipinski definition) is 2. The molecule has 1 aliphatic rings. The van der Waals surface area contributed by atoms with Crippen molar-refractivity contribution in [2.75, 3.05) is 0 Å². The third-order valence-corrected chi connectivity index (χ3v) is 4.24. The van der Waals surface area contributed by atoms with E-state index in [1.54, 1.807) is 6.07 Å². The van der Waals surface area contributed by atoms with Crippen LogP contribution in [0.4, 0.5) is 0 Å². The standard InChI is InChI=1S/C17H18ClNO/c18-15-10-12(8-9-17(15)20)11-19-16-7-3-5-13-4-1-2-6-14(13)16/h1-2,4,6,8-10,16,19-20H,3,5,7,11H2. The molecule has 2 N–H and O–H groups in total. The zero-order valence-corrected chi connectivity index (χ0v) is 12.0. The van der Waals surface area contributed by atoms with Crippen LogP contribution < -0.4 is 5.32 Å². The van der Waals surface area contributed by atoms with Crippen molar-refractivity contribution in [2.45, 2.75) is 31.8 Å². The number of nitrogens with one attached hydrogen (secondary N) is 1.